The van der Waals surface area contributed by atoms with Gasteiger partial charge in [0.2, 0.25) is 0 Å². The molecule has 2 atom stereocenters. The van der Waals surface area contributed by atoms with Crippen LogP contribution in [0.25, 0.3) is 0 Å². The normalized spacial score (nSPS) is 29.4. The minimum Gasteiger partial charge on any atom is -0.299 e. The summed E-state index contributed by atoms with van der Waals surface area (Å²) in [4.78, 5) is 11.6. The molecule has 0 aromatic heterocycles. The molecule has 2 unspecified atom stereocenters. The van der Waals surface area contributed by atoms with Crippen molar-refractivity contribution in [3.05, 3.63) is 11.6 Å². The van der Waals surface area contributed by atoms with Crippen molar-refractivity contribution in [2.24, 2.45) is 11.8 Å². The molecule has 0 heterocycles. The third-order valence-corrected chi connectivity index (χ3v) is 3.47. The van der Waals surface area contributed by atoms with E-state index in [4.69, 9.17) is 11.6 Å². The number of halogens is 1. The highest BCUT2D eigenvalue weighted by Gasteiger charge is 2.29. The van der Waals surface area contributed by atoms with Crippen molar-refractivity contribution in [1.29, 1.82) is 0 Å². The van der Waals surface area contributed by atoms with Gasteiger partial charge >= 0.3 is 0 Å². The van der Waals surface area contributed by atoms with Gasteiger partial charge in [-0.2, -0.15) is 0 Å². The minimum atomic E-state index is 0.207. The summed E-state index contributed by atoms with van der Waals surface area (Å²) in [6.07, 6.45) is 6.05. The van der Waals surface area contributed by atoms with Crippen molar-refractivity contribution >= 4 is 17.4 Å². The lowest BCUT2D eigenvalue weighted by atomic mass is 9.74. The molecule has 1 aliphatic carbocycles. The maximum atomic E-state index is 11.6. The van der Waals surface area contributed by atoms with Crippen molar-refractivity contribution in [1.82, 2.24) is 0 Å². The smallest absolute Gasteiger partial charge is 0.136 e. The summed E-state index contributed by atoms with van der Waals surface area (Å²) in [5, 5.41) is 0. The van der Waals surface area contributed by atoms with Crippen LogP contribution in [0.4, 0.5) is 0 Å². The van der Waals surface area contributed by atoms with E-state index in [1.165, 1.54) is 5.57 Å². The van der Waals surface area contributed by atoms with Crippen molar-refractivity contribution in [3.63, 3.8) is 0 Å². The van der Waals surface area contributed by atoms with E-state index in [0.717, 1.165) is 25.7 Å². The largest absolute Gasteiger partial charge is 0.299 e. The Hall–Kier alpha value is -0.300. The number of carbonyl (C=O) groups is 1. The summed E-state index contributed by atoms with van der Waals surface area (Å²) in [6, 6.07) is 0. The quantitative estimate of drug-likeness (QED) is 0.519. The molecule has 1 aliphatic rings. The lowest BCUT2D eigenvalue weighted by Crippen LogP contribution is -2.27. The molecule has 0 radical (unpaired) electrons. The van der Waals surface area contributed by atoms with E-state index in [2.05, 4.69) is 13.0 Å². The third kappa shape index (κ3) is 2.60. The molecule has 0 aliphatic heterocycles. The Kier molecular flexibility index (Phi) is 4.67. The van der Waals surface area contributed by atoms with E-state index in [-0.39, 0.29) is 5.92 Å². The number of hydrogen-bond acceptors (Lipinski definition) is 1. The molecule has 1 nitrogen and oxygen atoms in total. The molecule has 0 spiro atoms. The topological polar surface area (TPSA) is 17.1 Å². The Bertz CT molecular complexity index is 232. The third-order valence-electron chi connectivity index (χ3n) is 3.28. The number of hydrogen-bond donors (Lipinski definition) is 0. The molecule has 14 heavy (non-hydrogen) atoms. The highest BCUT2D eigenvalue weighted by molar-refractivity contribution is 6.18. The van der Waals surface area contributed by atoms with Gasteiger partial charge in [-0.1, -0.05) is 18.6 Å². The van der Waals surface area contributed by atoms with Crippen LogP contribution >= 0.6 is 11.6 Å². The number of rotatable bonds is 3. The summed E-state index contributed by atoms with van der Waals surface area (Å²) in [5.41, 5.74) is 1.38. The summed E-state index contributed by atoms with van der Waals surface area (Å²) >= 11 is 5.75. The molecule has 0 aromatic carbocycles. The predicted molar refractivity (Wildman–Crippen MR) is 60.6 cm³/mol. The first-order chi connectivity index (χ1) is 6.70. The second kappa shape index (κ2) is 5.55. The van der Waals surface area contributed by atoms with Crippen LogP contribution in [-0.4, -0.2) is 11.7 Å². The van der Waals surface area contributed by atoms with Crippen LogP contribution in [0.2, 0.25) is 0 Å². The maximum absolute atomic E-state index is 11.6. The Labute approximate surface area is 91.5 Å². The van der Waals surface area contributed by atoms with Crippen LogP contribution in [0, 0.1) is 11.8 Å². The van der Waals surface area contributed by atoms with Crippen molar-refractivity contribution in [2.75, 3.05) is 5.88 Å². The van der Waals surface area contributed by atoms with Gasteiger partial charge in [-0.05, 0) is 32.1 Å². The Morgan fingerprint density at radius 1 is 1.64 bits per heavy atom. The molecule has 0 saturated heterocycles. The Morgan fingerprint density at radius 2 is 2.36 bits per heavy atom. The summed E-state index contributed by atoms with van der Waals surface area (Å²) in [7, 11) is 0. The Morgan fingerprint density at radius 3 is 2.93 bits per heavy atom. The van der Waals surface area contributed by atoms with Gasteiger partial charge in [-0.15, -0.1) is 11.6 Å². The van der Waals surface area contributed by atoms with Crippen molar-refractivity contribution in [2.45, 2.75) is 39.5 Å². The highest BCUT2D eigenvalue weighted by atomic mass is 35.5. The molecular formula is C12H19ClO. The van der Waals surface area contributed by atoms with Gasteiger partial charge in [-0.25, -0.2) is 0 Å². The Balaban J connectivity index is 2.69. The van der Waals surface area contributed by atoms with Crippen LogP contribution in [0.3, 0.4) is 0 Å². The number of allylic oxidation sites excluding steroid dienone is 2. The van der Waals surface area contributed by atoms with E-state index < -0.39 is 0 Å². The summed E-state index contributed by atoms with van der Waals surface area (Å²) in [6.45, 7) is 4.11. The van der Waals surface area contributed by atoms with Crippen LogP contribution in [-0.2, 0) is 4.79 Å². The zero-order chi connectivity index (χ0) is 10.6. The standard InChI is InChI=1S/C12H19ClO/c1-3-10(7-8-13)11-5-4-6-12(14)9(11)2/h3,9,11H,4-8H2,1-2H3/b10-3-. The van der Waals surface area contributed by atoms with E-state index >= 15 is 0 Å². The molecule has 2 heteroatoms. The van der Waals surface area contributed by atoms with Crippen LogP contribution in [0.15, 0.2) is 11.6 Å². The van der Waals surface area contributed by atoms with Crippen LogP contribution in [0.5, 0.6) is 0 Å². The first-order valence-electron chi connectivity index (χ1n) is 5.44. The molecule has 1 saturated carbocycles. The van der Waals surface area contributed by atoms with E-state index in [1.807, 2.05) is 6.92 Å². The molecular weight excluding hydrogens is 196 g/mol. The molecule has 0 aromatic rings. The number of carbonyl (C=O) groups excluding carboxylic acids is 1. The van der Waals surface area contributed by atoms with Crippen LogP contribution < -0.4 is 0 Å². The fourth-order valence-electron chi connectivity index (χ4n) is 2.36. The average Bonchev–Trinajstić information content (AvgIpc) is 2.19. The lowest BCUT2D eigenvalue weighted by molar-refractivity contribution is -0.125. The SMILES string of the molecule is C/C=C(/CCCl)C1CCCC(=O)C1C. The fraction of sp³-hybridized carbons (Fsp3) is 0.750. The summed E-state index contributed by atoms with van der Waals surface area (Å²) < 4.78 is 0. The van der Waals surface area contributed by atoms with Crippen molar-refractivity contribution < 1.29 is 4.79 Å². The van der Waals surface area contributed by atoms with Gasteiger partial charge in [0.05, 0.1) is 0 Å². The minimum absolute atomic E-state index is 0.207. The van der Waals surface area contributed by atoms with E-state index in [0.29, 0.717) is 17.6 Å². The number of Topliss-reactive ketones (excluding diaryl/α,β-unsaturated/α-hetero) is 1. The zero-order valence-electron chi connectivity index (χ0n) is 9.05. The van der Waals surface area contributed by atoms with Crippen molar-refractivity contribution in [3.8, 4) is 0 Å². The second-order valence-corrected chi connectivity index (χ2v) is 4.43. The van der Waals surface area contributed by atoms with Gasteiger partial charge in [0.25, 0.3) is 0 Å². The molecule has 0 amide bonds. The average molecular weight is 215 g/mol. The molecule has 80 valence electrons. The van der Waals surface area contributed by atoms with Gasteiger partial charge in [0.15, 0.2) is 0 Å². The maximum Gasteiger partial charge on any atom is 0.136 e. The first kappa shape index (κ1) is 11.8. The predicted octanol–water partition coefficient (Wildman–Crippen LogP) is 3.57. The molecule has 0 N–H and O–H groups in total. The highest BCUT2D eigenvalue weighted by Crippen LogP contribution is 2.34. The van der Waals surface area contributed by atoms with Gasteiger partial charge < -0.3 is 0 Å². The monoisotopic (exact) mass is 214 g/mol. The molecule has 1 rings (SSSR count). The number of alkyl halides is 1. The zero-order valence-corrected chi connectivity index (χ0v) is 9.81. The van der Waals surface area contributed by atoms with Gasteiger partial charge in [0.1, 0.15) is 5.78 Å². The van der Waals surface area contributed by atoms with Crippen LogP contribution in [0.1, 0.15) is 39.5 Å². The van der Waals surface area contributed by atoms with Gasteiger partial charge in [-0.3, -0.25) is 4.79 Å². The van der Waals surface area contributed by atoms with E-state index in [9.17, 15) is 4.79 Å². The molecule has 0 bridgehead atoms. The first-order valence-corrected chi connectivity index (χ1v) is 5.98. The van der Waals surface area contributed by atoms with E-state index in [1.54, 1.807) is 0 Å². The number of ketones is 1. The second-order valence-electron chi connectivity index (χ2n) is 4.06. The molecule has 1 fully saturated rings. The fourth-order valence-corrected chi connectivity index (χ4v) is 2.58. The lowest BCUT2D eigenvalue weighted by Gasteiger charge is -2.29. The van der Waals surface area contributed by atoms with Gasteiger partial charge in [0, 0.05) is 18.2 Å². The summed E-state index contributed by atoms with van der Waals surface area (Å²) in [5.74, 6) is 1.75.